The second-order valence-corrected chi connectivity index (χ2v) is 4.64. The number of imidazole rings is 1. The minimum atomic E-state index is -4.56. The summed E-state index contributed by atoms with van der Waals surface area (Å²) in [6.45, 7) is -0.0902. The zero-order valence-electron chi connectivity index (χ0n) is 10.7. The third-order valence-electron chi connectivity index (χ3n) is 3.14. The van der Waals surface area contributed by atoms with Crippen molar-refractivity contribution in [3.63, 3.8) is 0 Å². The Morgan fingerprint density at radius 2 is 1.76 bits per heavy atom. The van der Waals surface area contributed by atoms with E-state index in [1.54, 1.807) is 24.3 Å². The van der Waals surface area contributed by atoms with E-state index in [1.807, 2.05) is 0 Å². The van der Waals surface area contributed by atoms with E-state index in [0.717, 1.165) is 4.57 Å². The standard InChI is InChI=1S/C15H10F4N2/c16-11-5-3-4-10(8-11)9-21-13-7-2-1-6-12(13)20-14(21)15(17,18)19/h1-8H,9H2. The van der Waals surface area contributed by atoms with Crippen molar-refractivity contribution in [2.45, 2.75) is 12.7 Å². The molecule has 2 nitrogen and oxygen atoms in total. The molecule has 2 aromatic carbocycles. The van der Waals surface area contributed by atoms with E-state index in [4.69, 9.17) is 0 Å². The molecule has 108 valence electrons. The number of alkyl halides is 3. The first-order valence-corrected chi connectivity index (χ1v) is 6.22. The summed E-state index contributed by atoms with van der Waals surface area (Å²) in [7, 11) is 0. The van der Waals surface area contributed by atoms with Gasteiger partial charge in [0.1, 0.15) is 5.82 Å². The Kier molecular flexibility index (Phi) is 3.16. The zero-order valence-corrected chi connectivity index (χ0v) is 10.7. The van der Waals surface area contributed by atoms with Crippen LogP contribution >= 0.6 is 0 Å². The molecule has 0 aliphatic heterocycles. The number of fused-ring (bicyclic) bond motifs is 1. The Hall–Kier alpha value is -2.37. The van der Waals surface area contributed by atoms with E-state index in [0.29, 0.717) is 11.1 Å². The third-order valence-corrected chi connectivity index (χ3v) is 3.14. The molecule has 0 amide bonds. The quantitative estimate of drug-likeness (QED) is 0.646. The molecule has 1 aromatic heterocycles. The molecule has 0 fully saturated rings. The molecule has 0 aliphatic rings. The van der Waals surface area contributed by atoms with Crippen LogP contribution in [0.2, 0.25) is 0 Å². The highest BCUT2D eigenvalue weighted by molar-refractivity contribution is 5.76. The molecule has 0 radical (unpaired) electrons. The van der Waals surface area contributed by atoms with Crippen LogP contribution in [0.25, 0.3) is 11.0 Å². The maximum Gasteiger partial charge on any atom is 0.449 e. The molecular formula is C15H10F4N2. The lowest BCUT2D eigenvalue weighted by atomic mass is 10.2. The van der Waals surface area contributed by atoms with Gasteiger partial charge in [-0.3, -0.25) is 0 Å². The first-order chi connectivity index (χ1) is 9.95. The molecular weight excluding hydrogens is 284 g/mol. The molecule has 0 unspecified atom stereocenters. The van der Waals surface area contributed by atoms with Crippen molar-refractivity contribution in [3.05, 3.63) is 65.7 Å². The van der Waals surface area contributed by atoms with Crippen molar-refractivity contribution >= 4 is 11.0 Å². The fourth-order valence-corrected chi connectivity index (χ4v) is 2.27. The number of para-hydroxylation sites is 2. The number of halogens is 4. The average molecular weight is 294 g/mol. The maximum atomic E-state index is 13.2. The third kappa shape index (κ3) is 2.61. The van der Waals surface area contributed by atoms with Crippen molar-refractivity contribution in [2.24, 2.45) is 0 Å². The Morgan fingerprint density at radius 1 is 1.00 bits per heavy atom. The molecule has 21 heavy (non-hydrogen) atoms. The molecule has 3 rings (SSSR count). The van der Waals surface area contributed by atoms with Crippen LogP contribution in [0.4, 0.5) is 17.6 Å². The number of benzene rings is 2. The van der Waals surface area contributed by atoms with Gasteiger partial charge in [-0.2, -0.15) is 13.2 Å². The van der Waals surface area contributed by atoms with E-state index < -0.39 is 17.8 Å². The summed E-state index contributed by atoms with van der Waals surface area (Å²) in [4.78, 5) is 3.65. The summed E-state index contributed by atoms with van der Waals surface area (Å²) in [6.07, 6.45) is -4.56. The summed E-state index contributed by atoms with van der Waals surface area (Å²) in [6, 6.07) is 11.9. The van der Waals surface area contributed by atoms with Gasteiger partial charge in [0.15, 0.2) is 0 Å². The summed E-state index contributed by atoms with van der Waals surface area (Å²) in [5, 5.41) is 0. The number of hydrogen-bond donors (Lipinski definition) is 0. The smallest absolute Gasteiger partial charge is 0.316 e. The van der Waals surface area contributed by atoms with Gasteiger partial charge in [0, 0.05) is 6.54 Å². The van der Waals surface area contributed by atoms with Gasteiger partial charge in [0.2, 0.25) is 5.82 Å². The van der Waals surface area contributed by atoms with Gasteiger partial charge in [-0.1, -0.05) is 24.3 Å². The zero-order chi connectivity index (χ0) is 15.0. The van der Waals surface area contributed by atoms with Crippen molar-refractivity contribution in [2.75, 3.05) is 0 Å². The van der Waals surface area contributed by atoms with E-state index in [2.05, 4.69) is 4.98 Å². The molecule has 0 aliphatic carbocycles. The van der Waals surface area contributed by atoms with Crippen molar-refractivity contribution < 1.29 is 17.6 Å². The van der Waals surface area contributed by atoms with Crippen LogP contribution in [-0.4, -0.2) is 9.55 Å². The van der Waals surface area contributed by atoms with Gasteiger partial charge in [-0.05, 0) is 29.8 Å². The van der Waals surface area contributed by atoms with Crippen LogP contribution in [0.3, 0.4) is 0 Å². The van der Waals surface area contributed by atoms with E-state index in [-0.39, 0.29) is 12.1 Å². The first-order valence-electron chi connectivity index (χ1n) is 6.22. The van der Waals surface area contributed by atoms with Crippen LogP contribution < -0.4 is 0 Å². The van der Waals surface area contributed by atoms with Crippen molar-refractivity contribution in [1.82, 2.24) is 9.55 Å². The highest BCUT2D eigenvalue weighted by Crippen LogP contribution is 2.32. The van der Waals surface area contributed by atoms with E-state index >= 15 is 0 Å². The Balaban J connectivity index is 2.15. The lowest BCUT2D eigenvalue weighted by Crippen LogP contribution is -2.15. The predicted molar refractivity (Wildman–Crippen MR) is 70.2 cm³/mol. The lowest BCUT2D eigenvalue weighted by molar-refractivity contribution is -0.146. The van der Waals surface area contributed by atoms with Crippen LogP contribution in [0.15, 0.2) is 48.5 Å². The maximum absolute atomic E-state index is 13.2. The number of hydrogen-bond acceptors (Lipinski definition) is 1. The minimum absolute atomic E-state index is 0.0902. The largest absolute Gasteiger partial charge is 0.449 e. The van der Waals surface area contributed by atoms with Gasteiger partial charge >= 0.3 is 6.18 Å². The highest BCUT2D eigenvalue weighted by atomic mass is 19.4. The fraction of sp³-hybridized carbons (Fsp3) is 0.133. The number of nitrogens with zero attached hydrogens (tertiary/aromatic N) is 2. The van der Waals surface area contributed by atoms with Gasteiger partial charge in [-0.25, -0.2) is 9.37 Å². The molecule has 6 heteroatoms. The van der Waals surface area contributed by atoms with E-state index in [9.17, 15) is 17.6 Å². The second-order valence-electron chi connectivity index (χ2n) is 4.64. The van der Waals surface area contributed by atoms with Gasteiger partial charge in [-0.15, -0.1) is 0 Å². The highest BCUT2D eigenvalue weighted by Gasteiger charge is 2.37. The molecule has 0 N–H and O–H groups in total. The molecule has 0 saturated heterocycles. The van der Waals surface area contributed by atoms with Gasteiger partial charge < -0.3 is 4.57 Å². The molecule has 0 saturated carbocycles. The van der Waals surface area contributed by atoms with Crippen molar-refractivity contribution in [1.29, 1.82) is 0 Å². The Bertz CT molecular complexity index is 790. The number of aromatic nitrogens is 2. The first kappa shape index (κ1) is 13.6. The van der Waals surface area contributed by atoms with Crippen molar-refractivity contribution in [3.8, 4) is 0 Å². The topological polar surface area (TPSA) is 17.8 Å². The molecule has 0 spiro atoms. The summed E-state index contributed by atoms with van der Waals surface area (Å²) < 4.78 is 53.6. The average Bonchev–Trinajstić information content (AvgIpc) is 2.78. The fourth-order valence-electron chi connectivity index (χ4n) is 2.27. The minimum Gasteiger partial charge on any atom is -0.316 e. The molecule has 0 bridgehead atoms. The van der Waals surface area contributed by atoms with E-state index in [1.165, 1.54) is 24.3 Å². The SMILES string of the molecule is Fc1cccc(Cn2c(C(F)(F)F)nc3ccccc32)c1. The lowest BCUT2D eigenvalue weighted by Gasteiger charge is -2.11. The van der Waals surface area contributed by atoms with Gasteiger partial charge in [0.05, 0.1) is 11.0 Å². The predicted octanol–water partition coefficient (Wildman–Crippen LogP) is 4.24. The van der Waals surface area contributed by atoms with Crippen LogP contribution in [0, 0.1) is 5.82 Å². The Morgan fingerprint density at radius 3 is 2.48 bits per heavy atom. The van der Waals surface area contributed by atoms with Crippen LogP contribution in [0.5, 0.6) is 0 Å². The normalized spacial score (nSPS) is 12.0. The summed E-state index contributed by atoms with van der Waals surface area (Å²) >= 11 is 0. The monoisotopic (exact) mass is 294 g/mol. The molecule has 3 aromatic rings. The van der Waals surface area contributed by atoms with Gasteiger partial charge in [0.25, 0.3) is 0 Å². The summed E-state index contributed by atoms with van der Waals surface area (Å²) in [5.41, 5.74) is 1.08. The Labute approximate surface area is 117 Å². The molecule has 0 atom stereocenters. The number of rotatable bonds is 2. The molecule has 1 heterocycles. The summed E-state index contributed by atoms with van der Waals surface area (Å²) in [5.74, 6) is -1.46. The second kappa shape index (κ2) is 4.87. The van der Waals surface area contributed by atoms with Crippen LogP contribution in [-0.2, 0) is 12.7 Å². The van der Waals surface area contributed by atoms with Crippen LogP contribution in [0.1, 0.15) is 11.4 Å².